The van der Waals surface area contributed by atoms with E-state index in [0.29, 0.717) is 6.61 Å². The highest BCUT2D eigenvalue weighted by Gasteiger charge is 2.25. The number of para-hydroxylation sites is 1. The monoisotopic (exact) mass is 292 g/mol. The van der Waals surface area contributed by atoms with Gasteiger partial charge in [0.05, 0.1) is 12.8 Å². The normalized spacial score (nSPS) is 18.6. The molecule has 116 valence electrons. The molecule has 0 aliphatic carbocycles. The lowest BCUT2D eigenvalue weighted by molar-refractivity contribution is 0.160. The number of nitrogens with zero attached hydrogens (tertiary/aromatic N) is 1. The molecular weight excluding hydrogens is 268 g/mol. The molecule has 5 heteroatoms. The van der Waals surface area contributed by atoms with Crippen LogP contribution in [0.4, 0.5) is 4.79 Å². The van der Waals surface area contributed by atoms with Gasteiger partial charge in [0, 0.05) is 13.1 Å². The predicted octanol–water partition coefficient (Wildman–Crippen LogP) is 2.71. The quantitative estimate of drug-likeness (QED) is 0.759. The van der Waals surface area contributed by atoms with Crippen molar-refractivity contribution >= 4 is 6.09 Å². The van der Waals surface area contributed by atoms with Crippen molar-refractivity contribution in [3.8, 4) is 5.75 Å². The van der Waals surface area contributed by atoms with Crippen LogP contribution in [0.3, 0.4) is 0 Å². The second-order valence-corrected chi connectivity index (χ2v) is 5.31. The average molecular weight is 292 g/mol. The van der Waals surface area contributed by atoms with E-state index in [1.165, 1.54) is 5.56 Å². The first kappa shape index (κ1) is 15.6. The maximum Gasteiger partial charge on any atom is 0.405 e. The fraction of sp³-hybridized carbons (Fsp3) is 0.562. The van der Waals surface area contributed by atoms with Gasteiger partial charge >= 0.3 is 6.09 Å². The molecule has 0 spiro atoms. The molecule has 1 aromatic rings. The SMILES string of the molecule is CCc1ccccc1OCCCN1CCCC1NC(=O)O. The summed E-state index contributed by atoms with van der Waals surface area (Å²) in [6.07, 6.45) is 2.82. The van der Waals surface area contributed by atoms with E-state index in [2.05, 4.69) is 23.2 Å². The van der Waals surface area contributed by atoms with Crippen LogP contribution in [0.15, 0.2) is 24.3 Å². The molecule has 0 radical (unpaired) electrons. The standard InChI is InChI=1S/C16H24N2O3/c1-2-13-7-3-4-8-14(13)21-12-6-11-18-10-5-9-15(18)17-16(19)20/h3-4,7-8,15,17H,2,5-6,9-12H2,1H3,(H,19,20). The summed E-state index contributed by atoms with van der Waals surface area (Å²) in [6.45, 7) is 4.59. The van der Waals surface area contributed by atoms with Crippen LogP contribution in [-0.4, -0.2) is 42.0 Å². The molecule has 1 atom stereocenters. The lowest BCUT2D eigenvalue weighted by atomic mass is 10.1. The topological polar surface area (TPSA) is 61.8 Å². The number of carboxylic acid groups (broad SMARTS) is 1. The third-order valence-electron chi connectivity index (χ3n) is 3.85. The van der Waals surface area contributed by atoms with Crippen molar-refractivity contribution in [2.75, 3.05) is 19.7 Å². The second-order valence-electron chi connectivity index (χ2n) is 5.31. The summed E-state index contributed by atoms with van der Waals surface area (Å²) in [5.41, 5.74) is 1.23. The molecule has 1 aliphatic heterocycles. The average Bonchev–Trinajstić information content (AvgIpc) is 2.90. The van der Waals surface area contributed by atoms with E-state index < -0.39 is 6.09 Å². The molecule has 1 amide bonds. The van der Waals surface area contributed by atoms with Gasteiger partial charge in [-0.1, -0.05) is 25.1 Å². The Hall–Kier alpha value is -1.75. The van der Waals surface area contributed by atoms with Crippen molar-refractivity contribution in [2.24, 2.45) is 0 Å². The number of rotatable bonds is 7. The van der Waals surface area contributed by atoms with Crippen LogP contribution in [0.5, 0.6) is 5.75 Å². The van der Waals surface area contributed by atoms with Gasteiger partial charge in [0.15, 0.2) is 0 Å². The zero-order valence-corrected chi connectivity index (χ0v) is 12.5. The fourth-order valence-corrected chi connectivity index (χ4v) is 2.79. The predicted molar refractivity (Wildman–Crippen MR) is 81.7 cm³/mol. The van der Waals surface area contributed by atoms with Gasteiger partial charge in [-0.15, -0.1) is 0 Å². The first-order valence-corrected chi connectivity index (χ1v) is 7.65. The van der Waals surface area contributed by atoms with Gasteiger partial charge in [-0.25, -0.2) is 4.79 Å². The van der Waals surface area contributed by atoms with E-state index in [-0.39, 0.29) is 6.17 Å². The number of hydrogen-bond acceptors (Lipinski definition) is 3. The lowest BCUT2D eigenvalue weighted by Gasteiger charge is -2.24. The number of hydrogen-bond donors (Lipinski definition) is 2. The Kier molecular flexibility index (Phi) is 5.87. The first-order valence-electron chi connectivity index (χ1n) is 7.65. The Labute approximate surface area is 125 Å². The zero-order valence-electron chi connectivity index (χ0n) is 12.5. The number of benzene rings is 1. The van der Waals surface area contributed by atoms with E-state index in [4.69, 9.17) is 9.84 Å². The van der Waals surface area contributed by atoms with Crippen molar-refractivity contribution in [1.82, 2.24) is 10.2 Å². The van der Waals surface area contributed by atoms with Gasteiger partial charge in [-0.05, 0) is 37.3 Å². The van der Waals surface area contributed by atoms with Crippen LogP contribution in [0.2, 0.25) is 0 Å². The Balaban J connectivity index is 1.73. The van der Waals surface area contributed by atoms with Crippen LogP contribution in [0.1, 0.15) is 31.7 Å². The van der Waals surface area contributed by atoms with Crippen LogP contribution in [0.25, 0.3) is 0 Å². The summed E-state index contributed by atoms with van der Waals surface area (Å²) < 4.78 is 5.84. The first-order chi connectivity index (χ1) is 10.2. The number of nitrogens with one attached hydrogen (secondary N) is 1. The molecule has 0 saturated carbocycles. The molecule has 1 aliphatic rings. The maximum atomic E-state index is 10.7. The number of ether oxygens (including phenoxy) is 1. The van der Waals surface area contributed by atoms with Crippen LogP contribution >= 0.6 is 0 Å². The van der Waals surface area contributed by atoms with E-state index in [9.17, 15) is 4.79 Å². The van der Waals surface area contributed by atoms with Gasteiger partial charge in [0.2, 0.25) is 0 Å². The van der Waals surface area contributed by atoms with Crippen LogP contribution in [0, 0.1) is 0 Å². The highest BCUT2D eigenvalue weighted by atomic mass is 16.5. The van der Waals surface area contributed by atoms with Crippen molar-refractivity contribution in [1.29, 1.82) is 0 Å². The summed E-state index contributed by atoms with van der Waals surface area (Å²) in [5.74, 6) is 0.960. The number of aryl methyl sites for hydroxylation is 1. The minimum absolute atomic E-state index is 0.0366. The van der Waals surface area contributed by atoms with Crippen molar-refractivity contribution in [2.45, 2.75) is 38.8 Å². The van der Waals surface area contributed by atoms with E-state index in [0.717, 1.165) is 44.5 Å². The summed E-state index contributed by atoms with van der Waals surface area (Å²) >= 11 is 0. The molecule has 5 nitrogen and oxygen atoms in total. The van der Waals surface area contributed by atoms with Gasteiger partial charge in [0.25, 0.3) is 0 Å². The fourth-order valence-electron chi connectivity index (χ4n) is 2.79. The summed E-state index contributed by atoms with van der Waals surface area (Å²) in [4.78, 5) is 12.9. The lowest BCUT2D eigenvalue weighted by Crippen LogP contribution is -2.44. The molecule has 1 unspecified atom stereocenters. The van der Waals surface area contributed by atoms with Crippen molar-refractivity contribution < 1.29 is 14.6 Å². The zero-order chi connectivity index (χ0) is 15.1. The second kappa shape index (κ2) is 7.88. The molecule has 1 saturated heterocycles. The van der Waals surface area contributed by atoms with Gasteiger partial charge < -0.3 is 15.2 Å². The largest absolute Gasteiger partial charge is 0.493 e. The minimum atomic E-state index is -0.944. The highest BCUT2D eigenvalue weighted by Crippen LogP contribution is 2.19. The molecule has 0 aromatic heterocycles. The summed E-state index contributed by atoms with van der Waals surface area (Å²) in [7, 11) is 0. The van der Waals surface area contributed by atoms with Gasteiger partial charge in [-0.3, -0.25) is 4.90 Å². The maximum absolute atomic E-state index is 10.7. The third-order valence-corrected chi connectivity index (χ3v) is 3.85. The van der Waals surface area contributed by atoms with Gasteiger partial charge in [0.1, 0.15) is 5.75 Å². The Morgan fingerprint density at radius 2 is 2.29 bits per heavy atom. The van der Waals surface area contributed by atoms with Crippen LogP contribution in [-0.2, 0) is 6.42 Å². The molecule has 1 fully saturated rings. The van der Waals surface area contributed by atoms with Gasteiger partial charge in [-0.2, -0.15) is 0 Å². The Bertz CT molecular complexity index is 465. The molecular formula is C16H24N2O3. The van der Waals surface area contributed by atoms with E-state index in [1.807, 2.05) is 18.2 Å². The molecule has 2 N–H and O–H groups in total. The van der Waals surface area contributed by atoms with Crippen molar-refractivity contribution in [3.05, 3.63) is 29.8 Å². The molecule has 1 aromatic carbocycles. The smallest absolute Gasteiger partial charge is 0.405 e. The molecule has 21 heavy (non-hydrogen) atoms. The Morgan fingerprint density at radius 3 is 3.05 bits per heavy atom. The summed E-state index contributed by atoms with van der Waals surface area (Å²) in [6, 6.07) is 8.10. The Morgan fingerprint density at radius 1 is 1.48 bits per heavy atom. The highest BCUT2D eigenvalue weighted by molar-refractivity contribution is 5.64. The van der Waals surface area contributed by atoms with Crippen LogP contribution < -0.4 is 10.1 Å². The number of likely N-dealkylation sites (tertiary alicyclic amines) is 1. The number of amides is 1. The molecule has 2 rings (SSSR count). The van der Waals surface area contributed by atoms with E-state index >= 15 is 0 Å². The molecule has 0 bridgehead atoms. The molecule has 1 heterocycles. The number of carbonyl (C=O) groups is 1. The minimum Gasteiger partial charge on any atom is -0.493 e. The van der Waals surface area contributed by atoms with E-state index in [1.54, 1.807) is 0 Å². The summed E-state index contributed by atoms with van der Waals surface area (Å²) in [5, 5.41) is 11.4. The van der Waals surface area contributed by atoms with Crippen molar-refractivity contribution in [3.63, 3.8) is 0 Å². The third kappa shape index (κ3) is 4.63.